The van der Waals surface area contributed by atoms with Crippen molar-refractivity contribution in [3.8, 4) is 0 Å². The molecule has 0 aliphatic rings. The highest BCUT2D eigenvalue weighted by atomic mass is 16.1. The van der Waals surface area contributed by atoms with Crippen molar-refractivity contribution in [1.82, 2.24) is 5.32 Å². The van der Waals surface area contributed by atoms with Gasteiger partial charge in [0, 0.05) is 6.42 Å². The molecule has 0 aromatic carbocycles. The molecule has 0 aliphatic heterocycles. The Balaban J connectivity index is -0.0000000646. The van der Waals surface area contributed by atoms with Gasteiger partial charge in [-0.25, -0.2) is 0 Å². The smallest absolute Gasteiger partial charge is 0.119 e. The first-order valence-corrected chi connectivity index (χ1v) is 19.4. The summed E-state index contributed by atoms with van der Waals surface area (Å²) in [6.45, 7) is 31.2. The molecule has 0 aromatic heterocycles. The van der Waals surface area contributed by atoms with Crippen LogP contribution in [0.25, 0.3) is 0 Å². The van der Waals surface area contributed by atoms with Crippen molar-refractivity contribution in [3.05, 3.63) is 36.5 Å². The normalized spacial score (nSPS) is 9.70. The van der Waals surface area contributed by atoms with Gasteiger partial charge in [-0.05, 0) is 78.8 Å². The molecule has 0 rings (SSSR count). The SMILES string of the molecule is C=C(C)C.C=O.CC.CC/C=C/CCCCCC.CCC/C=C/CCCCCC.CCCC.CCCC(C)CCCC=O.CNC. The summed E-state index contributed by atoms with van der Waals surface area (Å²) in [6, 6.07) is 0. The lowest BCUT2D eigenvalue weighted by atomic mass is 10.00. The molecular formula is C43H93NO2. The van der Waals surface area contributed by atoms with Gasteiger partial charge in [0.25, 0.3) is 0 Å². The second-order valence-corrected chi connectivity index (χ2v) is 11.5. The summed E-state index contributed by atoms with van der Waals surface area (Å²) in [7, 11) is 3.75. The monoisotopic (exact) mass is 656 g/mol. The van der Waals surface area contributed by atoms with Crippen molar-refractivity contribution in [2.24, 2.45) is 5.92 Å². The summed E-state index contributed by atoms with van der Waals surface area (Å²) in [5.74, 6) is 0.810. The van der Waals surface area contributed by atoms with Crippen molar-refractivity contribution in [2.45, 2.75) is 212 Å². The Kier molecular flexibility index (Phi) is 116. The van der Waals surface area contributed by atoms with E-state index in [1.165, 1.54) is 121 Å². The van der Waals surface area contributed by atoms with Crippen molar-refractivity contribution < 1.29 is 9.59 Å². The Labute approximate surface area is 295 Å². The van der Waals surface area contributed by atoms with E-state index in [1.54, 1.807) is 0 Å². The Bertz CT molecular complexity index is 479. The lowest BCUT2D eigenvalue weighted by Gasteiger charge is -2.06. The van der Waals surface area contributed by atoms with Gasteiger partial charge in [0.15, 0.2) is 0 Å². The molecule has 0 amide bonds. The lowest BCUT2D eigenvalue weighted by Crippen LogP contribution is -1.93. The number of aldehydes is 1. The van der Waals surface area contributed by atoms with Gasteiger partial charge in [-0.1, -0.05) is 176 Å². The Hall–Kier alpha value is -1.48. The molecule has 0 aliphatic carbocycles. The Morgan fingerprint density at radius 1 is 0.565 bits per heavy atom. The van der Waals surface area contributed by atoms with Gasteiger partial charge < -0.3 is 14.9 Å². The molecule has 0 fully saturated rings. The predicted molar refractivity (Wildman–Crippen MR) is 220 cm³/mol. The van der Waals surface area contributed by atoms with Gasteiger partial charge in [0.05, 0.1) is 0 Å². The zero-order chi connectivity index (χ0) is 37.5. The largest absolute Gasteiger partial charge is 0.323 e. The molecule has 0 heterocycles. The topological polar surface area (TPSA) is 46.2 Å². The molecule has 0 saturated heterocycles. The van der Waals surface area contributed by atoms with E-state index in [0.29, 0.717) is 0 Å². The summed E-state index contributed by atoms with van der Waals surface area (Å²) in [6.07, 6.45) is 35.8. The van der Waals surface area contributed by atoms with Gasteiger partial charge >= 0.3 is 0 Å². The van der Waals surface area contributed by atoms with Crippen LogP contribution in [0, 0.1) is 5.92 Å². The fraction of sp³-hybridized carbons (Fsp3) is 0.814. The third-order valence-electron chi connectivity index (χ3n) is 5.77. The van der Waals surface area contributed by atoms with E-state index in [1.807, 2.05) is 48.6 Å². The molecule has 0 bridgehead atoms. The summed E-state index contributed by atoms with van der Waals surface area (Å²) in [4.78, 5) is 17.9. The highest BCUT2D eigenvalue weighted by molar-refractivity contribution is 5.48. The van der Waals surface area contributed by atoms with Gasteiger partial charge in [-0.2, -0.15) is 0 Å². The average molecular weight is 656 g/mol. The number of nitrogens with one attached hydrogen (secondary N) is 1. The molecular weight excluding hydrogens is 562 g/mol. The van der Waals surface area contributed by atoms with Crippen LogP contribution in [0.1, 0.15) is 212 Å². The van der Waals surface area contributed by atoms with Crippen LogP contribution in [0.5, 0.6) is 0 Å². The number of hydrogen-bond acceptors (Lipinski definition) is 3. The quantitative estimate of drug-likeness (QED) is 0.0806. The van der Waals surface area contributed by atoms with Crippen LogP contribution in [-0.2, 0) is 9.59 Å². The van der Waals surface area contributed by atoms with Crippen molar-refractivity contribution in [2.75, 3.05) is 14.1 Å². The highest BCUT2D eigenvalue weighted by Crippen LogP contribution is 2.12. The first-order valence-electron chi connectivity index (χ1n) is 19.4. The standard InChI is InChI=1S/C11H22.C10H20.C9H18O.C4H8.C4H10.C2H7N.C2H6.CH2O/c1-3-5-7-9-11-10-8-6-4-2;1-3-5-7-9-10-8-6-4-2;1-3-6-9(2)7-4-5-8-10;1-4(2)3;1-3-4-2;1-3-2;2*1-2/h7,9H,3-6,8,10-11H2,1-2H3;5,7H,3-4,6,8-10H2,1-2H3;8-9H,3-7H2,1-2H3;1H2,2-3H3;3-4H2,1-2H3;3H,1-2H3;1-2H3;1H2/b9-7+;7-5+;;;;;;. The first kappa shape index (κ1) is 63.2. The number of rotatable bonds is 20. The minimum Gasteiger partial charge on any atom is -0.323 e. The van der Waals surface area contributed by atoms with Gasteiger partial charge in [0.2, 0.25) is 0 Å². The molecule has 0 radical (unpaired) electrons. The Morgan fingerprint density at radius 2 is 0.957 bits per heavy atom. The molecule has 1 unspecified atom stereocenters. The van der Waals surface area contributed by atoms with Crippen LogP contribution < -0.4 is 5.32 Å². The van der Waals surface area contributed by atoms with E-state index in [0.717, 1.165) is 25.0 Å². The molecule has 3 nitrogen and oxygen atoms in total. The molecule has 0 saturated carbocycles. The van der Waals surface area contributed by atoms with E-state index in [4.69, 9.17) is 4.79 Å². The van der Waals surface area contributed by atoms with E-state index in [2.05, 4.69) is 91.6 Å². The van der Waals surface area contributed by atoms with Gasteiger partial charge in [-0.15, -0.1) is 6.58 Å². The second kappa shape index (κ2) is 84.5. The fourth-order valence-corrected chi connectivity index (χ4v) is 3.25. The molecule has 3 heteroatoms. The minimum atomic E-state index is 0.744. The predicted octanol–water partition coefficient (Wildman–Crippen LogP) is 15.1. The van der Waals surface area contributed by atoms with E-state index in [9.17, 15) is 4.79 Å². The fourth-order valence-electron chi connectivity index (χ4n) is 3.25. The van der Waals surface area contributed by atoms with E-state index >= 15 is 0 Å². The van der Waals surface area contributed by atoms with Crippen molar-refractivity contribution in [3.63, 3.8) is 0 Å². The maximum atomic E-state index is 9.94. The molecule has 0 spiro atoms. The summed E-state index contributed by atoms with van der Waals surface area (Å²) in [5, 5.41) is 2.75. The van der Waals surface area contributed by atoms with Crippen LogP contribution in [0.4, 0.5) is 0 Å². The number of carbonyl (C=O) groups excluding carboxylic acids is 2. The van der Waals surface area contributed by atoms with Crippen LogP contribution in [0.15, 0.2) is 36.5 Å². The van der Waals surface area contributed by atoms with E-state index in [-0.39, 0.29) is 0 Å². The molecule has 1 atom stereocenters. The summed E-state index contributed by atoms with van der Waals surface area (Å²) in [5.41, 5.74) is 1.17. The van der Waals surface area contributed by atoms with Crippen LogP contribution >= 0.6 is 0 Å². The average Bonchev–Trinajstić information content (AvgIpc) is 3.05. The second-order valence-electron chi connectivity index (χ2n) is 11.5. The number of carbonyl (C=O) groups is 2. The van der Waals surface area contributed by atoms with Gasteiger partial charge in [0.1, 0.15) is 13.1 Å². The van der Waals surface area contributed by atoms with Crippen molar-refractivity contribution in [1.29, 1.82) is 0 Å². The maximum Gasteiger partial charge on any atom is 0.119 e. The van der Waals surface area contributed by atoms with Crippen LogP contribution in [0.2, 0.25) is 0 Å². The molecule has 46 heavy (non-hydrogen) atoms. The van der Waals surface area contributed by atoms with Crippen molar-refractivity contribution >= 4 is 13.1 Å². The highest BCUT2D eigenvalue weighted by Gasteiger charge is 1.98. The Morgan fingerprint density at radius 3 is 1.26 bits per heavy atom. The first-order chi connectivity index (χ1) is 22.2. The van der Waals surface area contributed by atoms with E-state index < -0.39 is 0 Å². The lowest BCUT2D eigenvalue weighted by molar-refractivity contribution is -0.108. The van der Waals surface area contributed by atoms with Crippen LogP contribution in [0.3, 0.4) is 0 Å². The minimum absolute atomic E-state index is 0.744. The maximum absolute atomic E-state index is 9.94. The number of allylic oxidation sites excluding steroid dienone is 5. The molecule has 0 aromatic rings. The summed E-state index contributed by atoms with van der Waals surface area (Å²) < 4.78 is 0. The van der Waals surface area contributed by atoms with Gasteiger partial charge in [-0.3, -0.25) is 0 Å². The summed E-state index contributed by atoms with van der Waals surface area (Å²) >= 11 is 0. The molecule has 282 valence electrons. The zero-order valence-corrected chi connectivity index (χ0v) is 34.8. The number of hydrogen-bond donors (Lipinski definition) is 1. The number of unbranched alkanes of at least 4 members (excludes halogenated alkanes) is 11. The third kappa shape index (κ3) is 145. The van der Waals surface area contributed by atoms with Crippen LogP contribution in [-0.4, -0.2) is 27.2 Å². The zero-order valence-electron chi connectivity index (χ0n) is 34.8. The third-order valence-corrected chi connectivity index (χ3v) is 5.77. The molecule has 1 N–H and O–H groups in total.